The minimum atomic E-state index is 0.585. The molecule has 2 unspecified atom stereocenters. The van der Waals surface area contributed by atoms with Crippen molar-refractivity contribution in [3.63, 3.8) is 0 Å². The van der Waals surface area contributed by atoms with Crippen LogP contribution < -0.4 is 5.32 Å². The highest BCUT2D eigenvalue weighted by Gasteiger charge is 2.28. The van der Waals surface area contributed by atoms with E-state index < -0.39 is 0 Å². The molecule has 3 nitrogen and oxygen atoms in total. The number of hydrogen-bond donors (Lipinski definition) is 1. The highest BCUT2D eigenvalue weighted by molar-refractivity contribution is 7.80. The van der Waals surface area contributed by atoms with Crippen LogP contribution in [0.1, 0.15) is 39.5 Å². The second-order valence-electron chi connectivity index (χ2n) is 5.70. The Labute approximate surface area is 111 Å². The average Bonchev–Trinajstić information content (AvgIpc) is 2.77. The Hall–Kier alpha value is -0.350. The zero-order valence-corrected chi connectivity index (χ0v) is 12.1. The van der Waals surface area contributed by atoms with Gasteiger partial charge in [-0.15, -0.1) is 0 Å². The van der Waals surface area contributed by atoms with E-state index in [1.54, 1.807) is 0 Å². The molecular formula is C13H25N3S. The highest BCUT2D eigenvalue weighted by Crippen LogP contribution is 2.19. The van der Waals surface area contributed by atoms with Crippen LogP contribution in [0.3, 0.4) is 0 Å². The van der Waals surface area contributed by atoms with Gasteiger partial charge < -0.3 is 10.2 Å². The topological polar surface area (TPSA) is 18.5 Å². The molecule has 0 spiro atoms. The van der Waals surface area contributed by atoms with Crippen LogP contribution >= 0.6 is 12.2 Å². The molecule has 1 saturated carbocycles. The quantitative estimate of drug-likeness (QED) is 0.720. The molecule has 0 radical (unpaired) electrons. The van der Waals surface area contributed by atoms with Crippen molar-refractivity contribution in [3.05, 3.63) is 0 Å². The number of nitrogens with zero attached hydrogens (tertiary/aromatic N) is 2. The summed E-state index contributed by atoms with van der Waals surface area (Å²) in [5.41, 5.74) is 0. The predicted molar refractivity (Wildman–Crippen MR) is 76.2 cm³/mol. The molecule has 0 amide bonds. The molecule has 0 aromatic heterocycles. The van der Waals surface area contributed by atoms with Gasteiger partial charge in [-0.25, -0.2) is 0 Å². The fourth-order valence-electron chi connectivity index (χ4n) is 2.91. The standard InChI is InChI=1S/C13H25N3S/c1-10-8-16(9-11(2)15(10)3)13(17)14-12-6-4-5-7-12/h10-12H,4-9H2,1-3H3,(H,14,17). The van der Waals surface area contributed by atoms with Crippen LogP contribution in [0.5, 0.6) is 0 Å². The molecule has 2 fully saturated rings. The Bertz CT molecular complexity index is 264. The number of hydrogen-bond acceptors (Lipinski definition) is 2. The van der Waals surface area contributed by atoms with E-state index in [4.69, 9.17) is 12.2 Å². The first kappa shape index (κ1) is 13.1. The molecule has 1 aliphatic carbocycles. The van der Waals surface area contributed by atoms with Crippen LogP contribution in [0.15, 0.2) is 0 Å². The lowest BCUT2D eigenvalue weighted by molar-refractivity contribution is 0.0979. The lowest BCUT2D eigenvalue weighted by Crippen LogP contribution is -2.59. The summed E-state index contributed by atoms with van der Waals surface area (Å²) in [4.78, 5) is 4.79. The Morgan fingerprint density at radius 1 is 1.12 bits per heavy atom. The molecule has 1 heterocycles. The van der Waals surface area contributed by atoms with E-state index in [2.05, 4.69) is 36.0 Å². The van der Waals surface area contributed by atoms with Gasteiger partial charge in [0.05, 0.1) is 0 Å². The molecule has 2 rings (SSSR count). The van der Waals surface area contributed by atoms with Gasteiger partial charge in [-0.05, 0) is 46.0 Å². The molecule has 2 aliphatic rings. The third kappa shape index (κ3) is 3.10. The molecule has 1 aliphatic heterocycles. The summed E-state index contributed by atoms with van der Waals surface area (Å²) in [5, 5.41) is 4.52. The van der Waals surface area contributed by atoms with E-state index in [9.17, 15) is 0 Å². The largest absolute Gasteiger partial charge is 0.360 e. The smallest absolute Gasteiger partial charge is 0.169 e. The van der Waals surface area contributed by atoms with Gasteiger partial charge in [-0.1, -0.05) is 12.8 Å². The summed E-state index contributed by atoms with van der Waals surface area (Å²) >= 11 is 5.55. The van der Waals surface area contributed by atoms with E-state index in [-0.39, 0.29) is 0 Å². The molecule has 0 aromatic rings. The van der Waals surface area contributed by atoms with Crippen molar-refractivity contribution in [2.75, 3.05) is 20.1 Å². The Morgan fingerprint density at radius 3 is 2.18 bits per heavy atom. The molecule has 1 saturated heterocycles. The normalized spacial score (nSPS) is 31.8. The summed E-state index contributed by atoms with van der Waals surface area (Å²) in [7, 11) is 2.21. The third-order valence-electron chi connectivity index (χ3n) is 4.33. The van der Waals surface area contributed by atoms with Crippen molar-refractivity contribution in [3.8, 4) is 0 Å². The average molecular weight is 255 g/mol. The van der Waals surface area contributed by atoms with E-state index >= 15 is 0 Å². The van der Waals surface area contributed by atoms with Gasteiger partial charge in [0.1, 0.15) is 0 Å². The fourth-order valence-corrected chi connectivity index (χ4v) is 3.22. The van der Waals surface area contributed by atoms with Crippen molar-refractivity contribution >= 4 is 17.3 Å². The summed E-state index contributed by atoms with van der Waals surface area (Å²) in [6.07, 6.45) is 5.30. The van der Waals surface area contributed by atoms with Crippen molar-refractivity contribution in [1.29, 1.82) is 0 Å². The van der Waals surface area contributed by atoms with Crippen molar-refractivity contribution in [2.24, 2.45) is 0 Å². The Balaban J connectivity index is 1.86. The highest BCUT2D eigenvalue weighted by atomic mass is 32.1. The van der Waals surface area contributed by atoms with Crippen LogP contribution in [-0.4, -0.2) is 53.2 Å². The molecule has 2 atom stereocenters. The molecule has 98 valence electrons. The SMILES string of the molecule is CC1CN(C(=S)NC2CCCC2)CC(C)N1C. The van der Waals surface area contributed by atoms with Crippen LogP contribution in [0.4, 0.5) is 0 Å². The first-order valence-corrected chi connectivity index (χ1v) is 7.26. The monoisotopic (exact) mass is 255 g/mol. The lowest BCUT2D eigenvalue weighted by Gasteiger charge is -2.43. The number of rotatable bonds is 1. The molecule has 0 aromatic carbocycles. The molecule has 17 heavy (non-hydrogen) atoms. The third-order valence-corrected chi connectivity index (χ3v) is 4.71. The maximum absolute atomic E-state index is 5.55. The van der Waals surface area contributed by atoms with Crippen molar-refractivity contribution < 1.29 is 0 Å². The van der Waals surface area contributed by atoms with Gasteiger partial charge >= 0.3 is 0 Å². The van der Waals surface area contributed by atoms with Crippen LogP contribution in [0, 0.1) is 0 Å². The summed E-state index contributed by atoms with van der Waals surface area (Å²) in [6.45, 7) is 6.67. The molecule has 0 bridgehead atoms. The summed E-state index contributed by atoms with van der Waals surface area (Å²) in [5.74, 6) is 0. The Kier molecular flexibility index (Phi) is 4.26. The maximum Gasteiger partial charge on any atom is 0.169 e. The van der Waals surface area contributed by atoms with Gasteiger partial charge in [0, 0.05) is 31.2 Å². The van der Waals surface area contributed by atoms with E-state index in [0.29, 0.717) is 18.1 Å². The fraction of sp³-hybridized carbons (Fsp3) is 0.923. The van der Waals surface area contributed by atoms with Crippen molar-refractivity contribution in [2.45, 2.75) is 57.7 Å². The maximum atomic E-state index is 5.55. The first-order valence-electron chi connectivity index (χ1n) is 6.85. The van der Waals surface area contributed by atoms with Crippen molar-refractivity contribution in [1.82, 2.24) is 15.1 Å². The van der Waals surface area contributed by atoms with E-state index in [1.807, 2.05) is 0 Å². The number of likely N-dealkylation sites (N-methyl/N-ethyl adjacent to an activating group) is 1. The van der Waals surface area contributed by atoms with Crippen LogP contribution in [-0.2, 0) is 0 Å². The summed E-state index contributed by atoms with van der Waals surface area (Å²) in [6, 6.07) is 1.80. The van der Waals surface area contributed by atoms with Crippen LogP contribution in [0.2, 0.25) is 0 Å². The van der Waals surface area contributed by atoms with Gasteiger partial charge in [0.2, 0.25) is 0 Å². The number of nitrogens with one attached hydrogen (secondary N) is 1. The zero-order valence-electron chi connectivity index (χ0n) is 11.3. The number of piperazine rings is 1. The van der Waals surface area contributed by atoms with Gasteiger partial charge in [-0.3, -0.25) is 4.90 Å². The second-order valence-corrected chi connectivity index (χ2v) is 6.09. The van der Waals surface area contributed by atoms with E-state index in [1.165, 1.54) is 25.7 Å². The minimum Gasteiger partial charge on any atom is -0.360 e. The zero-order chi connectivity index (χ0) is 12.4. The first-order chi connectivity index (χ1) is 8.08. The van der Waals surface area contributed by atoms with Gasteiger partial charge in [0.15, 0.2) is 5.11 Å². The van der Waals surface area contributed by atoms with Gasteiger partial charge in [0.25, 0.3) is 0 Å². The Morgan fingerprint density at radius 2 is 1.65 bits per heavy atom. The molecule has 4 heteroatoms. The molecular weight excluding hydrogens is 230 g/mol. The summed E-state index contributed by atoms with van der Waals surface area (Å²) < 4.78 is 0. The second kappa shape index (κ2) is 5.53. The van der Waals surface area contributed by atoms with Crippen LogP contribution in [0.25, 0.3) is 0 Å². The lowest BCUT2D eigenvalue weighted by atomic mass is 10.1. The predicted octanol–water partition coefficient (Wildman–Crippen LogP) is 1.83. The molecule has 1 N–H and O–H groups in total. The van der Waals surface area contributed by atoms with E-state index in [0.717, 1.165) is 18.2 Å². The number of thiocarbonyl (C=S) groups is 1. The van der Waals surface area contributed by atoms with Gasteiger partial charge in [-0.2, -0.15) is 0 Å². The minimum absolute atomic E-state index is 0.585.